The first kappa shape index (κ1) is 22.0. The van der Waals surface area contributed by atoms with Crippen LogP contribution in [0, 0.1) is 5.82 Å². The number of hydrogen-bond acceptors (Lipinski definition) is 4. The van der Waals surface area contributed by atoms with Crippen LogP contribution in [0.3, 0.4) is 0 Å². The number of carbonyl (C=O) groups excluding carboxylic acids is 2. The van der Waals surface area contributed by atoms with Crippen molar-refractivity contribution in [3.63, 3.8) is 0 Å². The molecule has 162 valence electrons. The van der Waals surface area contributed by atoms with Gasteiger partial charge in [-0.25, -0.2) is 4.39 Å². The number of ketones is 1. The normalized spacial score (nSPS) is 17.7. The number of rotatable bonds is 5. The number of aromatic nitrogens is 1. The van der Waals surface area contributed by atoms with Gasteiger partial charge in [0.05, 0.1) is 21.7 Å². The van der Waals surface area contributed by atoms with E-state index in [9.17, 15) is 19.1 Å². The molecule has 8 heteroatoms. The summed E-state index contributed by atoms with van der Waals surface area (Å²) >= 11 is 12.0. The first-order valence-corrected chi connectivity index (χ1v) is 10.5. The van der Waals surface area contributed by atoms with E-state index in [1.54, 1.807) is 36.7 Å². The smallest absolute Gasteiger partial charge is 0.295 e. The van der Waals surface area contributed by atoms with Crippen LogP contribution < -0.4 is 0 Å². The van der Waals surface area contributed by atoms with Gasteiger partial charge in [-0.3, -0.25) is 14.6 Å². The minimum Gasteiger partial charge on any atom is -0.507 e. The van der Waals surface area contributed by atoms with Crippen LogP contribution in [0.4, 0.5) is 4.39 Å². The van der Waals surface area contributed by atoms with Gasteiger partial charge in [0.2, 0.25) is 0 Å². The maximum Gasteiger partial charge on any atom is 0.295 e. The van der Waals surface area contributed by atoms with Crippen molar-refractivity contribution in [2.75, 3.05) is 6.54 Å². The first-order chi connectivity index (χ1) is 15.4. The van der Waals surface area contributed by atoms with E-state index in [1.807, 2.05) is 0 Å². The number of Topliss-reactive ketones (excluding diaryl/α,β-unsaturated/α-hetero) is 1. The highest BCUT2D eigenvalue weighted by Crippen LogP contribution is 2.40. The molecule has 1 atom stereocenters. The summed E-state index contributed by atoms with van der Waals surface area (Å²) in [5, 5.41) is 11.5. The summed E-state index contributed by atoms with van der Waals surface area (Å²) in [4.78, 5) is 31.3. The molecule has 2 aromatic carbocycles. The number of likely N-dealkylation sites (tertiary alicyclic amines) is 1. The van der Waals surface area contributed by atoms with E-state index in [1.165, 1.54) is 35.2 Å². The van der Waals surface area contributed by atoms with Gasteiger partial charge in [0.25, 0.3) is 11.7 Å². The Morgan fingerprint density at radius 3 is 2.34 bits per heavy atom. The maximum absolute atomic E-state index is 13.2. The third-order valence-electron chi connectivity index (χ3n) is 5.31. The molecule has 0 aliphatic carbocycles. The zero-order valence-electron chi connectivity index (χ0n) is 16.6. The zero-order valence-corrected chi connectivity index (χ0v) is 18.1. The predicted octanol–water partition coefficient (Wildman–Crippen LogP) is 5.19. The SMILES string of the molecule is O=C1C(=O)N(CCc2ccc(F)cc2)C(c2ccncc2)/C1=C(/O)c1ccc(Cl)c(Cl)c1. The standard InChI is InChI=1S/C24H17Cl2FN2O3/c25-18-6-3-16(13-19(18)26)22(30)20-21(15-7-10-28-11-8-15)29(24(32)23(20)31)12-9-14-1-4-17(27)5-2-14/h1-8,10-11,13,21,30H,9,12H2/b22-20-. The van der Waals surface area contributed by atoms with E-state index in [2.05, 4.69) is 4.98 Å². The number of amides is 1. The van der Waals surface area contributed by atoms with Gasteiger partial charge in [-0.15, -0.1) is 0 Å². The third kappa shape index (κ3) is 4.24. The van der Waals surface area contributed by atoms with Crippen molar-refractivity contribution in [3.8, 4) is 0 Å². The molecule has 5 nitrogen and oxygen atoms in total. The van der Waals surface area contributed by atoms with E-state index in [4.69, 9.17) is 23.2 Å². The molecular formula is C24H17Cl2FN2O3. The highest BCUT2D eigenvalue weighted by Gasteiger charge is 2.45. The van der Waals surface area contributed by atoms with Crippen molar-refractivity contribution < 1.29 is 19.1 Å². The summed E-state index contributed by atoms with van der Waals surface area (Å²) in [5.74, 6) is -2.22. The van der Waals surface area contributed by atoms with Gasteiger partial charge in [-0.05, 0) is 60.0 Å². The van der Waals surface area contributed by atoms with Crippen LogP contribution in [0.1, 0.15) is 22.7 Å². The summed E-state index contributed by atoms with van der Waals surface area (Å²) in [6.07, 6.45) is 3.50. The fourth-order valence-electron chi connectivity index (χ4n) is 3.70. The highest BCUT2D eigenvalue weighted by atomic mass is 35.5. The second-order valence-electron chi connectivity index (χ2n) is 7.28. The molecule has 0 bridgehead atoms. The molecule has 1 fully saturated rings. The highest BCUT2D eigenvalue weighted by molar-refractivity contribution is 6.46. The Bertz CT molecular complexity index is 1210. The quantitative estimate of drug-likeness (QED) is 0.316. The van der Waals surface area contributed by atoms with Crippen molar-refractivity contribution in [2.45, 2.75) is 12.5 Å². The Hall–Kier alpha value is -3.22. The van der Waals surface area contributed by atoms with Gasteiger partial charge in [0.1, 0.15) is 11.6 Å². The Morgan fingerprint density at radius 1 is 1.00 bits per heavy atom. The van der Waals surface area contributed by atoms with Gasteiger partial charge >= 0.3 is 0 Å². The maximum atomic E-state index is 13.2. The summed E-state index contributed by atoms with van der Waals surface area (Å²) in [6, 6.07) is 13.0. The number of halogens is 3. The minimum absolute atomic E-state index is 0.0429. The molecule has 1 aromatic heterocycles. The van der Waals surface area contributed by atoms with Crippen LogP contribution >= 0.6 is 23.2 Å². The van der Waals surface area contributed by atoms with E-state index in [0.29, 0.717) is 17.0 Å². The molecule has 1 aliphatic heterocycles. The molecule has 3 aromatic rings. The number of carbonyl (C=O) groups is 2. The lowest BCUT2D eigenvalue weighted by molar-refractivity contribution is -0.139. The molecule has 0 saturated carbocycles. The van der Waals surface area contributed by atoms with Gasteiger partial charge < -0.3 is 10.0 Å². The first-order valence-electron chi connectivity index (χ1n) is 9.75. The van der Waals surface area contributed by atoms with Crippen LogP contribution in [0.25, 0.3) is 5.76 Å². The van der Waals surface area contributed by atoms with E-state index in [0.717, 1.165) is 5.56 Å². The van der Waals surface area contributed by atoms with Crippen LogP contribution in [-0.4, -0.2) is 33.2 Å². The van der Waals surface area contributed by atoms with Gasteiger partial charge in [-0.2, -0.15) is 0 Å². The number of nitrogens with zero attached hydrogens (tertiary/aromatic N) is 2. The number of aliphatic hydroxyl groups is 1. The van der Waals surface area contributed by atoms with Gasteiger partial charge in [0.15, 0.2) is 0 Å². The summed E-state index contributed by atoms with van der Waals surface area (Å²) in [5.41, 5.74) is 1.67. The van der Waals surface area contributed by atoms with Crippen molar-refractivity contribution in [2.24, 2.45) is 0 Å². The molecule has 1 amide bonds. The average Bonchev–Trinajstić information content (AvgIpc) is 3.05. The van der Waals surface area contributed by atoms with Gasteiger partial charge in [0, 0.05) is 24.5 Å². The average molecular weight is 471 g/mol. The summed E-state index contributed by atoms with van der Waals surface area (Å²) in [7, 11) is 0. The van der Waals surface area contributed by atoms with E-state index in [-0.39, 0.29) is 34.3 Å². The van der Waals surface area contributed by atoms with Gasteiger partial charge in [-0.1, -0.05) is 35.3 Å². The lowest BCUT2D eigenvalue weighted by atomic mass is 9.96. The molecular weight excluding hydrogens is 454 g/mol. The van der Waals surface area contributed by atoms with Crippen molar-refractivity contribution >= 4 is 40.7 Å². The molecule has 1 saturated heterocycles. The lowest BCUT2D eigenvalue weighted by Gasteiger charge is -2.25. The van der Waals surface area contributed by atoms with E-state index >= 15 is 0 Å². The van der Waals surface area contributed by atoms with Crippen LogP contribution in [0.15, 0.2) is 72.6 Å². The third-order valence-corrected chi connectivity index (χ3v) is 6.05. The molecule has 2 heterocycles. The fraction of sp³-hybridized carbons (Fsp3) is 0.125. The molecule has 1 N–H and O–H groups in total. The predicted molar refractivity (Wildman–Crippen MR) is 120 cm³/mol. The number of hydrogen-bond donors (Lipinski definition) is 1. The fourth-order valence-corrected chi connectivity index (χ4v) is 4.00. The van der Waals surface area contributed by atoms with Crippen molar-refractivity contribution in [1.82, 2.24) is 9.88 Å². The second kappa shape index (κ2) is 9.10. The molecule has 32 heavy (non-hydrogen) atoms. The number of benzene rings is 2. The second-order valence-corrected chi connectivity index (χ2v) is 8.09. The number of pyridine rings is 1. The Balaban J connectivity index is 1.76. The molecule has 4 rings (SSSR count). The Labute approximate surface area is 193 Å². The molecule has 1 unspecified atom stereocenters. The van der Waals surface area contributed by atoms with Crippen molar-refractivity contribution in [1.29, 1.82) is 0 Å². The molecule has 1 aliphatic rings. The largest absolute Gasteiger partial charge is 0.507 e. The van der Waals surface area contributed by atoms with E-state index < -0.39 is 17.7 Å². The van der Waals surface area contributed by atoms with Crippen LogP contribution in [-0.2, 0) is 16.0 Å². The van der Waals surface area contributed by atoms with Crippen molar-refractivity contribution in [3.05, 3.63) is 105 Å². The zero-order chi connectivity index (χ0) is 22.8. The Kier molecular flexibility index (Phi) is 6.26. The van der Waals surface area contributed by atoms with Crippen LogP contribution in [0.2, 0.25) is 10.0 Å². The topological polar surface area (TPSA) is 70.5 Å². The summed E-state index contributed by atoms with van der Waals surface area (Å²) < 4.78 is 13.2. The minimum atomic E-state index is -0.812. The lowest BCUT2D eigenvalue weighted by Crippen LogP contribution is -2.31. The summed E-state index contributed by atoms with van der Waals surface area (Å²) in [6.45, 7) is 0.196. The molecule has 0 spiro atoms. The molecule has 0 radical (unpaired) electrons. The monoisotopic (exact) mass is 470 g/mol. The van der Waals surface area contributed by atoms with Crippen LogP contribution in [0.5, 0.6) is 0 Å². The Morgan fingerprint density at radius 2 is 1.69 bits per heavy atom. The number of aliphatic hydroxyl groups excluding tert-OH is 1.